The van der Waals surface area contributed by atoms with Crippen molar-refractivity contribution < 1.29 is 10.2 Å². The van der Waals surface area contributed by atoms with Gasteiger partial charge in [0.1, 0.15) is 5.75 Å². The molecule has 0 saturated heterocycles. The standard InChI is InChI=1S/C14H20N2O2/c1-5-13(9(2)3)16-7-12-11(8-17)6-15-10(4)14(12)18/h1,6,9,13,16-18H,7-8H2,2-4H3. The van der Waals surface area contributed by atoms with Crippen molar-refractivity contribution in [3.05, 3.63) is 23.0 Å². The van der Waals surface area contributed by atoms with Crippen LogP contribution in [0.3, 0.4) is 0 Å². The second-order valence-corrected chi connectivity index (χ2v) is 4.62. The topological polar surface area (TPSA) is 65.4 Å². The average molecular weight is 248 g/mol. The molecule has 4 nitrogen and oxygen atoms in total. The molecule has 0 fully saturated rings. The first kappa shape index (κ1) is 14.5. The molecule has 0 aromatic carbocycles. The van der Waals surface area contributed by atoms with E-state index in [0.29, 0.717) is 29.3 Å². The summed E-state index contributed by atoms with van der Waals surface area (Å²) in [5.41, 5.74) is 1.82. The van der Waals surface area contributed by atoms with E-state index in [1.807, 2.05) is 13.8 Å². The molecule has 0 spiro atoms. The lowest BCUT2D eigenvalue weighted by molar-refractivity contribution is 0.278. The SMILES string of the molecule is C#CC(NCc1c(CO)cnc(C)c1O)C(C)C. The lowest BCUT2D eigenvalue weighted by Crippen LogP contribution is -2.32. The van der Waals surface area contributed by atoms with E-state index in [4.69, 9.17) is 6.42 Å². The van der Waals surface area contributed by atoms with Crippen LogP contribution in [0.25, 0.3) is 0 Å². The summed E-state index contributed by atoms with van der Waals surface area (Å²) >= 11 is 0. The summed E-state index contributed by atoms with van der Waals surface area (Å²) in [6, 6.07) is -0.0654. The largest absolute Gasteiger partial charge is 0.506 e. The first-order valence-electron chi connectivity index (χ1n) is 5.98. The number of hydrogen-bond acceptors (Lipinski definition) is 4. The van der Waals surface area contributed by atoms with Gasteiger partial charge in [0.25, 0.3) is 0 Å². The number of aromatic hydroxyl groups is 1. The van der Waals surface area contributed by atoms with Crippen molar-refractivity contribution in [3.8, 4) is 18.1 Å². The monoisotopic (exact) mass is 248 g/mol. The Labute approximate surface area is 108 Å². The molecule has 0 amide bonds. The first-order valence-corrected chi connectivity index (χ1v) is 5.98. The van der Waals surface area contributed by atoms with Gasteiger partial charge in [0.05, 0.1) is 18.3 Å². The third-order valence-electron chi connectivity index (χ3n) is 2.95. The molecule has 0 aliphatic heterocycles. The van der Waals surface area contributed by atoms with Crippen molar-refractivity contribution in [2.75, 3.05) is 0 Å². The van der Waals surface area contributed by atoms with Crippen LogP contribution in [-0.4, -0.2) is 21.2 Å². The van der Waals surface area contributed by atoms with Gasteiger partial charge in [-0.3, -0.25) is 10.3 Å². The van der Waals surface area contributed by atoms with Crippen LogP contribution in [0.15, 0.2) is 6.20 Å². The second-order valence-electron chi connectivity index (χ2n) is 4.62. The molecule has 1 atom stereocenters. The van der Waals surface area contributed by atoms with E-state index in [0.717, 1.165) is 0 Å². The maximum absolute atomic E-state index is 9.97. The van der Waals surface area contributed by atoms with Gasteiger partial charge in [0.15, 0.2) is 0 Å². The summed E-state index contributed by atoms with van der Waals surface area (Å²) in [5, 5.41) is 22.4. The Balaban J connectivity index is 2.90. The van der Waals surface area contributed by atoms with Gasteiger partial charge in [0.2, 0.25) is 0 Å². The number of aromatic nitrogens is 1. The number of rotatable bonds is 5. The Morgan fingerprint density at radius 2 is 2.17 bits per heavy atom. The molecular formula is C14H20N2O2. The van der Waals surface area contributed by atoms with Crippen LogP contribution in [-0.2, 0) is 13.2 Å². The highest BCUT2D eigenvalue weighted by Gasteiger charge is 2.14. The molecular weight excluding hydrogens is 228 g/mol. The predicted octanol–water partition coefficient (Wildman–Crippen LogP) is 1.34. The van der Waals surface area contributed by atoms with E-state index in [1.165, 1.54) is 0 Å². The zero-order valence-corrected chi connectivity index (χ0v) is 11.1. The van der Waals surface area contributed by atoms with Crippen LogP contribution in [0, 0.1) is 25.2 Å². The fraction of sp³-hybridized carbons (Fsp3) is 0.500. The van der Waals surface area contributed by atoms with E-state index in [2.05, 4.69) is 16.2 Å². The highest BCUT2D eigenvalue weighted by Crippen LogP contribution is 2.23. The maximum Gasteiger partial charge on any atom is 0.141 e. The lowest BCUT2D eigenvalue weighted by Gasteiger charge is -2.18. The van der Waals surface area contributed by atoms with Gasteiger partial charge in [0, 0.05) is 23.9 Å². The predicted molar refractivity (Wildman–Crippen MR) is 70.9 cm³/mol. The number of hydrogen-bond donors (Lipinski definition) is 3. The Hall–Kier alpha value is -1.57. The third kappa shape index (κ3) is 3.22. The molecule has 0 aliphatic carbocycles. The van der Waals surface area contributed by atoms with Crippen LogP contribution in [0.5, 0.6) is 5.75 Å². The zero-order valence-electron chi connectivity index (χ0n) is 11.1. The highest BCUT2D eigenvalue weighted by atomic mass is 16.3. The number of nitrogens with zero attached hydrogens (tertiary/aromatic N) is 1. The van der Waals surface area contributed by atoms with Crippen LogP contribution in [0.2, 0.25) is 0 Å². The fourth-order valence-corrected chi connectivity index (χ4v) is 1.72. The van der Waals surface area contributed by atoms with Crippen LogP contribution >= 0.6 is 0 Å². The molecule has 1 aromatic heterocycles. The number of pyridine rings is 1. The second kappa shape index (κ2) is 6.39. The van der Waals surface area contributed by atoms with Gasteiger partial charge >= 0.3 is 0 Å². The van der Waals surface area contributed by atoms with Crippen molar-refractivity contribution in [2.45, 2.75) is 40.0 Å². The molecule has 1 rings (SSSR count). The van der Waals surface area contributed by atoms with Crippen molar-refractivity contribution in [1.29, 1.82) is 0 Å². The van der Waals surface area contributed by atoms with Gasteiger partial charge < -0.3 is 10.2 Å². The normalized spacial score (nSPS) is 12.4. The molecule has 0 radical (unpaired) electrons. The zero-order chi connectivity index (χ0) is 13.7. The lowest BCUT2D eigenvalue weighted by atomic mass is 10.0. The summed E-state index contributed by atoms with van der Waals surface area (Å²) in [6.07, 6.45) is 7.02. The highest BCUT2D eigenvalue weighted by molar-refractivity contribution is 5.40. The van der Waals surface area contributed by atoms with Crippen LogP contribution < -0.4 is 5.32 Å². The van der Waals surface area contributed by atoms with Crippen LogP contribution in [0.4, 0.5) is 0 Å². The summed E-state index contributed by atoms with van der Waals surface area (Å²) in [4.78, 5) is 4.01. The van der Waals surface area contributed by atoms with E-state index in [9.17, 15) is 10.2 Å². The van der Waals surface area contributed by atoms with Crippen molar-refractivity contribution in [1.82, 2.24) is 10.3 Å². The van der Waals surface area contributed by atoms with Crippen LogP contribution in [0.1, 0.15) is 30.7 Å². The van der Waals surface area contributed by atoms with Crippen molar-refractivity contribution in [3.63, 3.8) is 0 Å². The van der Waals surface area contributed by atoms with Crippen molar-refractivity contribution in [2.24, 2.45) is 5.92 Å². The Morgan fingerprint density at radius 3 is 2.67 bits per heavy atom. The third-order valence-corrected chi connectivity index (χ3v) is 2.95. The molecule has 3 N–H and O–H groups in total. The number of aliphatic hydroxyl groups excluding tert-OH is 1. The maximum atomic E-state index is 9.97. The quantitative estimate of drug-likeness (QED) is 0.688. The summed E-state index contributed by atoms with van der Waals surface area (Å²) in [6.45, 7) is 6.05. The Bertz CT molecular complexity index is 450. The molecule has 0 aliphatic rings. The molecule has 18 heavy (non-hydrogen) atoms. The van der Waals surface area contributed by atoms with E-state index in [-0.39, 0.29) is 18.4 Å². The average Bonchev–Trinajstić information content (AvgIpc) is 2.34. The minimum atomic E-state index is -0.153. The minimum absolute atomic E-state index is 0.0654. The molecule has 0 bridgehead atoms. The number of aliphatic hydroxyl groups is 1. The van der Waals surface area contributed by atoms with E-state index < -0.39 is 0 Å². The van der Waals surface area contributed by atoms with Crippen molar-refractivity contribution >= 4 is 0 Å². The van der Waals surface area contributed by atoms with E-state index >= 15 is 0 Å². The van der Waals surface area contributed by atoms with Gasteiger partial charge in [-0.1, -0.05) is 19.8 Å². The van der Waals surface area contributed by atoms with Gasteiger partial charge in [-0.05, 0) is 12.8 Å². The summed E-state index contributed by atoms with van der Waals surface area (Å²) < 4.78 is 0. The Morgan fingerprint density at radius 1 is 1.50 bits per heavy atom. The molecule has 98 valence electrons. The number of terminal acetylenes is 1. The number of nitrogens with one attached hydrogen (secondary N) is 1. The minimum Gasteiger partial charge on any atom is -0.506 e. The van der Waals surface area contributed by atoms with E-state index in [1.54, 1.807) is 13.1 Å². The summed E-state index contributed by atoms with van der Waals surface area (Å²) in [5.74, 6) is 3.09. The summed E-state index contributed by atoms with van der Waals surface area (Å²) in [7, 11) is 0. The van der Waals surface area contributed by atoms with Gasteiger partial charge in [-0.15, -0.1) is 6.42 Å². The molecule has 1 unspecified atom stereocenters. The first-order chi connectivity index (χ1) is 8.51. The molecule has 4 heteroatoms. The smallest absolute Gasteiger partial charge is 0.141 e. The number of aryl methyl sites for hydroxylation is 1. The fourth-order valence-electron chi connectivity index (χ4n) is 1.72. The Kier molecular flexibility index (Phi) is 5.14. The molecule has 0 saturated carbocycles. The molecule has 1 aromatic rings. The van der Waals surface area contributed by atoms with Gasteiger partial charge in [-0.2, -0.15) is 0 Å². The van der Waals surface area contributed by atoms with Gasteiger partial charge in [-0.25, -0.2) is 0 Å². The molecule has 1 heterocycles.